The molecule has 2 rings (SSSR count). The van der Waals surface area contributed by atoms with Crippen molar-refractivity contribution in [2.45, 2.75) is 6.92 Å². The number of hydrogen-bond donors (Lipinski definition) is 1. The first-order chi connectivity index (χ1) is 5.29. The summed E-state index contributed by atoms with van der Waals surface area (Å²) in [5.74, 6) is 0.554. The summed E-state index contributed by atoms with van der Waals surface area (Å²) < 4.78 is 1.92. The SMILES string of the molecule is Cc1cccc2cnc(N)n12. The van der Waals surface area contributed by atoms with Crippen molar-refractivity contribution < 1.29 is 0 Å². The molecule has 0 atom stereocenters. The van der Waals surface area contributed by atoms with Crippen LogP contribution in [-0.2, 0) is 0 Å². The van der Waals surface area contributed by atoms with E-state index in [1.807, 2.05) is 29.5 Å². The third kappa shape index (κ3) is 0.774. The van der Waals surface area contributed by atoms with Crippen LogP contribution in [0.4, 0.5) is 5.95 Å². The van der Waals surface area contributed by atoms with Gasteiger partial charge in [0.2, 0.25) is 5.95 Å². The molecule has 2 aromatic heterocycles. The molecule has 0 saturated carbocycles. The van der Waals surface area contributed by atoms with Crippen molar-refractivity contribution in [3.63, 3.8) is 0 Å². The van der Waals surface area contributed by atoms with Gasteiger partial charge in [0, 0.05) is 5.69 Å². The van der Waals surface area contributed by atoms with Gasteiger partial charge in [0.25, 0.3) is 0 Å². The number of aryl methyl sites for hydroxylation is 1. The molecular weight excluding hydrogens is 138 g/mol. The summed E-state index contributed by atoms with van der Waals surface area (Å²) in [7, 11) is 0. The van der Waals surface area contributed by atoms with Gasteiger partial charge in [-0.15, -0.1) is 0 Å². The first-order valence-electron chi connectivity index (χ1n) is 3.47. The molecule has 0 spiro atoms. The molecule has 0 unspecified atom stereocenters. The zero-order chi connectivity index (χ0) is 7.84. The average Bonchev–Trinajstić information content (AvgIpc) is 2.34. The summed E-state index contributed by atoms with van der Waals surface area (Å²) in [5, 5.41) is 0. The van der Waals surface area contributed by atoms with Gasteiger partial charge in [-0.1, -0.05) is 6.07 Å². The molecule has 0 bridgehead atoms. The van der Waals surface area contributed by atoms with Crippen LogP contribution >= 0.6 is 0 Å². The lowest BCUT2D eigenvalue weighted by molar-refractivity contribution is 1.09. The Kier molecular flexibility index (Phi) is 1.12. The van der Waals surface area contributed by atoms with E-state index in [4.69, 9.17) is 5.73 Å². The number of pyridine rings is 1. The second kappa shape index (κ2) is 1.99. The average molecular weight is 147 g/mol. The standard InChI is InChI=1S/C8H9N3/c1-6-3-2-4-7-5-10-8(9)11(6)7/h2-5H,1H3,(H2,9,10). The first-order valence-corrected chi connectivity index (χ1v) is 3.47. The lowest BCUT2D eigenvalue weighted by atomic mass is 10.3. The van der Waals surface area contributed by atoms with Crippen LogP contribution in [0.3, 0.4) is 0 Å². The topological polar surface area (TPSA) is 43.3 Å². The molecule has 2 N–H and O–H groups in total. The number of hydrogen-bond acceptors (Lipinski definition) is 2. The minimum atomic E-state index is 0.554. The maximum Gasteiger partial charge on any atom is 0.205 e. The maximum absolute atomic E-state index is 5.63. The molecule has 0 aromatic carbocycles. The zero-order valence-electron chi connectivity index (χ0n) is 6.28. The fourth-order valence-electron chi connectivity index (χ4n) is 1.24. The Hall–Kier alpha value is -1.51. The Morgan fingerprint density at radius 2 is 2.27 bits per heavy atom. The van der Waals surface area contributed by atoms with Gasteiger partial charge in [-0.05, 0) is 19.1 Å². The molecular formula is C8H9N3. The largest absolute Gasteiger partial charge is 0.369 e. The molecule has 0 aliphatic carbocycles. The van der Waals surface area contributed by atoms with Crippen molar-refractivity contribution in [1.82, 2.24) is 9.38 Å². The van der Waals surface area contributed by atoms with Gasteiger partial charge in [-0.3, -0.25) is 4.40 Å². The fourth-order valence-corrected chi connectivity index (χ4v) is 1.24. The molecule has 2 heterocycles. The van der Waals surface area contributed by atoms with E-state index in [0.717, 1.165) is 11.2 Å². The van der Waals surface area contributed by atoms with Crippen LogP contribution in [0.25, 0.3) is 5.52 Å². The second-order valence-corrected chi connectivity index (χ2v) is 2.54. The van der Waals surface area contributed by atoms with Crippen molar-refractivity contribution >= 4 is 11.5 Å². The molecule has 11 heavy (non-hydrogen) atoms. The Morgan fingerprint density at radius 1 is 1.45 bits per heavy atom. The summed E-state index contributed by atoms with van der Waals surface area (Å²) in [6.07, 6.45) is 1.77. The highest BCUT2D eigenvalue weighted by atomic mass is 15.1. The predicted octanol–water partition coefficient (Wildman–Crippen LogP) is 1.22. The van der Waals surface area contributed by atoms with Crippen molar-refractivity contribution in [1.29, 1.82) is 0 Å². The molecule has 0 aliphatic heterocycles. The molecule has 3 heteroatoms. The van der Waals surface area contributed by atoms with Gasteiger partial charge in [-0.25, -0.2) is 4.98 Å². The van der Waals surface area contributed by atoms with Gasteiger partial charge in [0.05, 0.1) is 11.7 Å². The van der Waals surface area contributed by atoms with E-state index in [9.17, 15) is 0 Å². The van der Waals surface area contributed by atoms with Gasteiger partial charge >= 0.3 is 0 Å². The third-order valence-corrected chi connectivity index (χ3v) is 1.77. The number of anilines is 1. The Balaban J connectivity index is 2.96. The van der Waals surface area contributed by atoms with E-state index < -0.39 is 0 Å². The first kappa shape index (κ1) is 6.22. The smallest absolute Gasteiger partial charge is 0.205 e. The quantitative estimate of drug-likeness (QED) is 0.609. The van der Waals surface area contributed by atoms with E-state index in [1.54, 1.807) is 6.20 Å². The van der Waals surface area contributed by atoms with E-state index >= 15 is 0 Å². The predicted molar refractivity (Wildman–Crippen MR) is 44.3 cm³/mol. The summed E-state index contributed by atoms with van der Waals surface area (Å²) in [5.41, 5.74) is 7.78. The highest BCUT2D eigenvalue weighted by molar-refractivity contribution is 5.51. The van der Waals surface area contributed by atoms with Crippen LogP contribution in [-0.4, -0.2) is 9.38 Å². The van der Waals surface area contributed by atoms with Crippen molar-refractivity contribution in [2.75, 3.05) is 5.73 Å². The summed E-state index contributed by atoms with van der Waals surface area (Å²) in [6.45, 7) is 2.00. The molecule has 3 nitrogen and oxygen atoms in total. The molecule has 0 saturated heterocycles. The number of rotatable bonds is 0. The highest BCUT2D eigenvalue weighted by Gasteiger charge is 1.99. The van der Waals surface area contributed by atoms with Gasteiger partial charge in [-0.2, -0.15) is 0 Å². The second-order valence-electron chi connectivity index (χ2n) is 2.54. The Bertz CT molecular complexity index is 389. The molecule has 2 aromatic rings. The summed E-state index contributed by atoms with van der Waals surface area (Å²) in [4.78, 5) is 4.00. The molecule has 56 valence electrons. The molecule has 0 radical (unpaired) electrons. The van der Waals surface area contributed by atoms with Crippen LogP contribution in [0, 0.1) is 6.92 Å². The van der Waals surface area contributed by atoms with E-state index in [2.05, 4.69) is 4.98 Å². The number of nitrogen functional groups attached to an aromatic ring is 1. The van der Waals surface area contributed by atoms with E-state index in [1.165, 1.54) is 0 Å². The minimum absolute atomic E-state index is 0.554. The number of nitrogens with zero attached hydrogens (tertiary/aromatic N) is 2. The molecule has 0 aliphatic rings. The van der Waals surface area contributed by atoms with Crippen LogP contribution < -0.4 is 5.73 Å². The van der Waals surface area contributed by atoms with Crippen LogP contribution in [0.15, 0.2) is 24.4 Å². The number of fused-ring (bicyclic) bond motifs is 1. The lowest BCUT2D eigenvalue weighted by Crippen LogP contribution is -1.96. The summed E-state index contributed by atoms with van der Waals surface area (Å²) in [6, 6.07) is 5.98. The normalized spacial score (nSPS) is 10.6. The molecule has 0 amide bonds. The zero-order valence-corrected chi connectivity index (χ0v) is 6.28. The van der Waals surface area contributed by atoms with Crippen LogP contribution in [0.1, 0.15) is 5.69 Å². The van der Waals surface area contributed by atoms with E-state index in [-0.39, 0.29) is 0 Å². The van der Waals surface area contributed by atoms with Gasteiger partial charge in [0.15, 0.2) is 0 Å². The van der Waals surface area contributed by atoms with Gasteiger partial charge in [0.1, 0.15) is 0 Å². The van der Waals surface area contributed by atoms with Crippen LogP contribution in [0.5, 0.6) is 0 Å². The Labute approximate surface area is 64.5 Å². The van der Waals surface area contributed by atoms with E-state index in [0.29, 0.717) is 5.95 Å². The monoisotopic (exact) mass is 147 g/mol. The minimum Gasteiger partial charge on any atom is -0.369 e. The highest BCUT2D eigenvalue weighted by Crippen LogP contribution is 2.10. The fraction of sp³-hybridized carbons (Fsp3) is 0.125. The maximum atomic E-state index is 5.63. The van der Waals surface area contributed by atoms with Gasteiger partial charge < -0.3 is 5.73 Å². The third-order valence-electron chi connectivity index (χ3n) is 1.77. The summed E-state index contributed by atoms with van der Waals surface area (Å²) >= 11 is 0. The van der Waals surface area contributed by atoms with Crippen molar-refractivity contribution in [3.05, 3.63) is 30.1 Å². The number of imidazole rings is 1. The molecule has 0 fully saturated rings. The van der Waals surface area contributed by atoms with Crippen molar-refractivity contribution in [2.24, 2.45) is 0 Å². The number of aromatic nitrogens is 2. The Morgan fingerprint density at radius 3 is 3.00 bits per heavy atom. The lowest BCUT2D eigenvalue weighted by Gasteiger charge is -1.99. The van der Waals surface area contributed by atoms with Crippen molar-refractivity contribution in [3.8, 4) is 0 Å². The number of nitrogens with two attached hydrogens (primary N) is 1. The van der Waals surface area contributed by atoms with Crippen LogP contribution in [0.2, 0.25) is 0 Å².